The molecule has 0 aliphatic rings. The molecule has 0 aliphatic heterocycles. The Hall–Kier alpha value is 2.23. The van der Waals surface area contributed by atoms with Gasteiger partial charge in [-0.25, -0.2) is 0 Å². The van der Waals surface area contributed by atoms with Crippen LogP contribution in [-0.4, -0.2) is 21.6 Å². The molecule has 4 heavy (non-hydrogen) atoms. The molecule has 0 unspecified atom stereocenters. The Morgan fingerprint density at radius 3 is 1.25 bits per heavy atom. The summed E-state index contributed by atoms with van der Waals surface area (Å²) in [5.41, 5.74) is 0. The fraction of sp³-hybridized carbons (Fsp3) is 0. The van der Waals surface area contributed by atoms with E-state index in [9.17, 15) is 0 Å². The molecular weight excluding hydrogens is 266 g/mol. The van der Waals surface area contributed by atoms with E-state index >= 15 is 0 Å². The average molecular weight is 268 g/mol. The summed E-state index contributed by atoms with van der Waals surface area (Å²) in [5.74, 6) is 0. The summed E-state index contributed by atoms with van der Waals surface area (Å²) < 4.78 is 0. The second kappa shape index (κ2) is 18.8. The van der Waals surface area contributed by atoms with E-state index in [0.717, 1.165) is 22.7 Å². The van der Waals surface area contributed by atoms with Gasteiger partial charge in [0.25, 0.3) is 0 Å². The van der Waals surface area contributed by atoms with Gasteiger partial charge in [-0.15, -0.1) is 0 Å². The van der Waals surface area contributed by atoms with Crippen molar-refractivity contribution in [2.24, 2.45) is 0 Å². The molecule has 0 amide bonds. The van der Waals surface area contributed by atoms with Gasteiger partial charge in [0.05, 0.1) is 0 Å². The molecule has 0 nitrogen and oxygen atoms in total. The van der Waals surface area contributed by atoms with Crippen molar-refractivity contribution in [1.29, 1.82) is 0 Å². The summed E-state index contributed by atoms with van der Waals surface area (Å²) >= 11 is 3.82. The molecule has 0 saturated carbocycles. The van der Waals surface area contributed by atoms with E-state index in [1.165, 1.54) is 0 Å². The summed E-state index contributed by atoms with van der Waals surface area (Å²) in [7, 11) is 0. The topological polar surface area (TPSA) is 0 Å². The van der Waals surface area contributed by atoms with E-state index in [1.54, 1.807) is 0 Å². The van der Waals surface area contributed by atoms with E-state index in [1.807, 2.05) is 0 Å². The fourth-order valence-electron chi connectivity index (χ4n) is 0. The largest absolute Gasteiger partial charge is 0 e. The van der Waals surface area contributed by atoms with E-state index in [2.05, 4.69) is 11.5 Å². The smallest absolute Gasteiger partial charge is 0 e. The minimum absolute atomic E-state index is 0. The molecule has 0 rings (SSSR count). The van der Waals surface area contributed by atoms with Crippen LogP contribution in [-0.2, 0) is 42.2 Å². The maximum atomic E-state index is 2.80. The van der Waals surface area contributed by atoms with E-state index < -0.39 is 0 Å². The Kier molecular flexibility index (Phi) is 76.8. The first kappa shape index (κ1) is 16.3. The zero-order valence-corrected chi connectivity index (χ0v) is 10.5. The van der Waals surface area contributed by atoms with Crippen LogP contribution in [0.25, 0.3) is 0 Å². The molecule has 0 fully saturated rings. The minimum atomic E-state index is 0. The van der Waals surface area contributed by atoms with Gasteiger partial charge in [-0.05, 0) is 0 Å². The summed E-state index contributed by atoms with van der Waals surface area (Å²) in [4.78, 5) is 0. The number of rotatable bonds is 0. The second-order valence-corrected chi connectivity index (χ2v) is 0. The van der Waals surface area contributed by atoms with Crippen molar-refractivity contribution in [2.45, 2.75) is 0 Å². The van der Waals surface area contributed by atoms with Gasteiger partial charge in [0, 0.05) is 19.5 Å². The molecule has 0 aromatic carbocycles. The number of hydrogen-bond acceptors (Lipinski definition) is 0. The summed E-state index contributed by atoms with van der Waals surface area (Å²) in [6.45, 7) is 0. The van der Waals surface area contributed by atoms with Crippen LogP contribution in [0.3, 0.4) is 0 Å². The van der Waals surface area contributed by atoms with Gasteiger partial charge in [-0.1, -0.05) is 0 Å². The predicted molar refractivity (Wildman–Crippen MR) is 14.3 cm³/mol. The first-order valence-electron chi connectivity index (χ1n) is 0.289. The molecule has 4 heteroatoms. The van der Waals surface area contributed by atoms with Crippen molar-refractivity contribution in [1.82, 2.24) is 0 Å². The first-order chi connectivity index (χ1) is 1.00. The van der Waals surface area contributed by atoms with Gasteiger partial charge in [0.15, 0.2) is 0 Å². The molecule has 0 atom stereocenters. The average Bonchev–Trinajstić information content (AvgIpc) is 1.00. The van der Waals surface area contributed by atoms with Gasteiger partial charge >= 0.3 is 44.3 Å². The SMILES string of the molecule is [BeH2].[Se]=[Cd].[Zn]. The van der Waals surface area contributed by atoms with E-state index in [-0.39, 0.29) is 29.6 Å². The summed E-state index contributed by atoms with van der Waals surface area (Å²) in [6.07, 6.45) is 0. The standard InChI is InChI=1S/Be.Cd.Se.Zn.2H. The van der Waals surface area contributed by atoms with Crippen LogP contribution in [0.2, 0.25) is 0 Å². The Morgan fingerprint density at radius 2 is 1.25 bits per heavy atom. The predicted octanol–water partition coefficient (Wildman–Crippen LogP) is -1.30. The molecule has 0 spiro atoms. The van der Waals surface area contributed by atoms with Crippen molar-refractivity contribution in [3.8, 4) is 0 Å². The Morgan fingerprint density at radius 1 is 1.25 bits per heavy atom. The molecule has 0 N–H and O–H groups in total. The van der Waals surface area contributed by atoms with Crippen molar-refractivity contribution in [3.05, 3.63) is 0 Å². The fourth-order valence-corrected chi connectivity index (χ4v) is 0. The molecule has 0 saturated heterocycles. The number of hydrogen-bond donors (Lipinski definition) is 0. The maximum absolute atomic E-state index is 2.80. The van der Waals surface area contributed by atoms with Crippen LogP contribution in [0.15, 0.2) is 0 Å². The van der Waals surface area contributed by atoms with Crippen molar-refractivity contribution >= 4 is 21.6 Å². The van der Waals surface area contributed by atoms with Gasteiger partial charge in [0.1, 0.15) is 0 Å². The van der Waals surface area contributed by atoms with Gasteiger partial charge < -0.3 is 0 Å². The quantitative estimate of drug-likeness (QED) is 0.479. The van der Waals surface area contributed by atoms with Gasteiger partial charge in [-0.3, -0.25) is 0 Å². The summed E-state index contributed by atoms with van der Waals surface area (Å²) in [5, 5.41) is 0. The molecule has 0 radical (unpaired) electrons. The monoisotopic (exact) mass is 269 g/mol. The third-order valence-corrected chi connectivity index (χ3v) is 0. The van der Waals surface area contributed by atoms with E-state index in [0.29, 0.717) is 0 Å². The van der Waals surface area contributed by atoms with Crippen molar-refractivity contribution in [2.75, 3.05) is 0 Å². The first-order valence-corrected chi connectivity index (χ1v) is 10.1. The second-order valence-electron chi connectivity index (χ2n) is 0. The zero-order valence-electron chi connectivity index (χ0n) is 1.82. The van der Waals surface area contributed by atoms with E-state index in [4.69, 9.17) is 0 Å². The van der Waals surface area contributed by atoms with Gasteiger partial charge in [0.2, 0.25) is 0 Å². The van der Waals surface area contributed by atoms with Crippen molar-refractivity contribution < 1.29 is 42.2 Å². The third kappa shape index (κ3) is 8.87. The molecule has 0 aromatic heterocycles. The molecule has 0 heterocycles. The Labute approximate surface area is 62.9 Å². The molecule has 0 bridgehead atoms. The van der Waals surface area contributed by atoms with Crippen molar-refractivity contribution in [3.63, 3.8) is 0 Å². The molecular formula is H2BeCdSeZn. The Balaban J connectivity index is -0.00000000500. The van der Waals surface area contributed by atoms with Crippen LogP contribution in [0, 0.1) is 0 Å². The Bertz CT molecular complexity index is 8.00. The van der Waals surface area contributed by atoms with Crippen LogP contribution in [0.5, 0.6) is 0 Å². The normalized spacial score (nSPS) is 1.50. The maximum Gasteiger partial charge on any atom is 0 e. The minimum Gasteiger partial charge on any atom is 0 e. The van der Waals surface area contributed by atoms with Crippen LogP contribution in [0.1, 0.15) is 0 Å². The van der Waals surface area contributed by atoms with Gasteiger partial charge in [-0.2, -0.15) is 0 Å². The summed E-state index contributed by atoms with van der Waals surface area (Å²) in [6, 6.07) is 0. The van der Waals surface area contributed by atoms with Crippen LogP contribution < -0.4 is 0 Å². The molecule has 14 valence electrons. The van der Waals surface area contributed by atoms with Crippen LogP contribution >= 0.6 is 0 Å². The molecule has 0 aliphatic carbocycles. The molecule has 0 aromatic rings. The third-order valence-electron chi connectivity index (χ3n) is 0. The van der Waals surface area contributed by atoms with Crippen LogP contribution in [0.4, 0.5) is 0 Å². The zero-order chi connectivity index (χ0) is 2.00.